The van der Waals surface area contributed by atoms with Crippen LogP contribution in [0.1, 0.15) is 12.8 Å². The molecule has 6 nitrogen and oxygen atoms in total. The highest BCUT2D eigenvalue weighted by Gasteiger charge is 2.33. The van der Waals surface area contributed by atoms with Crippen molar-refractivity contribution in [3.8, 4) is 0 Å². The summed E-state index contributed by atoms with van der Waals surface area (Å²) in [6, 6.07) is 2.12. The van der Waals surface area contributed by atoms with Gasteiger partial charge in [0.2, 0.25) is 15.9 Å². The predicted octanol–water partition coefficient (Wildman–Crippen LogP) is 1.06. The van der Waals surface area contributed by atoms with E-state index >= 15 is 0 Å². The van der Waals surface area contributed by atoms with Gasteiger partial charge < -0.3 is 11.5 Å². The van der Waals surface area contributed by atoms with E-state index in [2.05, 4.69) is 15.9 Å². The number of anilines is 1. The SMILES string of the molecule is NC(=O)C1CCN(S(=O)(=O)c2cc(N)c(Br)cc2F)CC1. The Morgan fingerprint density at radius 3 is 2.43 bits per heavy atom. The van der Waals surface area contributed by atoms with Crippen LogP contribution in [0, 0.1) is 11.7 Å². The molecule has 0 atom stereocenters. The third-order valence-corrected chi connectivity index (χ3v) is 6.13. The first-order chi connectivity index (χ1) is 9.73. The molecule has 1 aromatic rings. The van der Waals surface area contributed by atoms with E-state index in [-0.39, 0.29) is 24.7 Å². The zero-order chi connectivity index (χ0) is 15.8. The third-order valence-electron chi connectivity index (χ3n) is 3.53. The van der Waals surface area contributed by atoms with Crippen LogP contribution in [0.25, 0.3) is 0 Å². The van der Waals surface area contributed by atoms with Crippen molar-refractivity contribution in [2.45, 2.75) is 17.7 Å². The molecular weight excluding hydrogens is 365 g/mol. The van der Waals surface area contributed by atoms with Crippen LogP contribution in [0.15, 0.2) is 21.5 Å². The van der Waals surface area contributed by atoms with Gasteiger partial charge in [-0.15, -0.1) is 0 Å². The Hall–Kier alpha value is -1.19. The zero-order valence-electron chi connectivity index (χ0n) is 11.1. The number of hydrogen-bond donors (Lipinski definition) is 2. The number of primary amides is 1. The Balaban J connectivity index is 2.28. The van der Waals surface area contributed by atoms with E-state index < -0.39 is 26.6 Å². The highest BCUT2D eigenvalue weighted by molar-refractivity contribution is 9.10. The van der Waals surface area contributed by atoms with E-state index in [0.29, 0.717) is 17.3 Å². The minimum Gasteiger partial charge on any atom is -0.398 e. The quantitative estimate of drug-likeness (QED) is 0.765. The van der Waals surface area contributed by atoms with E-state index in [0.717, 1.165) is 16.4 Å². The molecule has 1 saturated heterocycles. The first-order valence-electron chi connectivity index (χ1n) is 6.27. The smallest absolute Gasteiger partial charge is 0.246 e. The fraction of sp³-hybridized carbons (Fsp3) is 0.417. The summed E-state index contributed by atoms with van der Waals surface area (Å²) >= 11 is 3.04. The van der Waals surface area contributed by atoms with Crippen molar-refractivity contribution in [1.82, 2.24) is 4.31 Å². The number of piperidine rings is 1. The largest absolute Gasteiger partial charge is 0.398 e. The minimum atomic E-state index is -3.98. The van der Waals surface area contributed by atoms with Gasteiger partial charge in [0.1, 0.15) is 10.7 Å². The molecule has 116 valence electrons. The lowest BCUT2D eigenvalue weighted by molar-refractivity contribution is -0.122. The zero-order valence-corrected chi connectivity index (χ0v) is 13.5. The van der Waals surface area contributed by atoms with Crippen molar-refractivity contribution in [2.75, 3.05) is 18.8 Å². The molecule has 9 heteroatoms. The average molecular weight is 380 g/mol. The Morgan fingerprint density at radius 1 is 1.33 bits per heavy atom. The number of hydrogen-bond acceptors (Lipinski definition) is 4. The fourth-order valence-electron chi connectivity index (χ4n) is 2.26. The molecule has 0 aliphatic carbocycles. The van der Waals surface area contributed by atoms with E-state index in [4.69, 9.17) is 11.5 Å². The van der Waals surface area contributed by atoms with E-state index in [1.807, 2.05) is 0 Å². The van der Waals surface area contributed by atoms with Gasteiger partial charge in [0.15, 0.2) is 0 Å². The standard InChI is InChI=1S/C12H15BrFN3O3S/c13-8-5-9(14)11(6-10(8)15)21(19,20)17-3-1-7(2-4-17)12(16)18/h5-7H,1-4,15H2,(H2,16,18). The van der Waals surface area contributed by atoms with Crippen molar-refractivity contribution in [1.29, 1.82) is 0 Å². The molecule has 1 aliphatic heterocycles. The van der Waals surface area contributed by atoms with Crippen LogP contribution in [-0.2, 0) is 14.8 Å². The number of amides is 1. The summed E-state index contributed by atoms with van der Waals surface area (Å²) in [6.45, 7) is 0.261. The lowest BCUT2D eigenvalue weighted by Crippen LogP contribution is -2.41. The van der Waals surface area contributed by atoms with Crippen molar-refractivity contribution in [3.05, 3.63) is 22.4 Å². The molecule has 0 unspecified atom stereocenters. The minimum absolute atomic E-state index is 0.130. The maximum atomic E-state index is 13.9. The fourth-order valence-corrected chi connectivity index (χ4v) is 4.13. The molecule has 0 spiro atoms. The molecule has 1 aliphatic rings. The topological polar surface area (TPSA) is 106 Å². The average Bonchev–Trinajstić information content (AvgIpc) is 2.42. The highest BCUT2D eigenvalue weighted by atomic mass is 79.9. The van der Waals surface area contributed by atoms with Gasteiger partial charge in [-0.3, -0.25) is 4.79 Å². The number of halogens is 2. The van der Waals surface area contributed by atoms with Crippen LogP contribution in [-0.4, -0.2) is 31.7 Å². The summed E-state index contributed by atoms with van der Waals surface area (Å²) in [6.07, 6.45) is 0.671. The summed E-state index contributed by atoms with van der Waals surface area (Å²) in [7, 11) is -3.98. The van der Waals surface area contributed by atoms with E-state index in [1.165, 1.54) is 0 Å². The van der Waals surface area contributed by atoms with Gasteiger partial charge in [0, 0.05) is 29.2 Å². The van der Waals surface area contributed by atoms with Gasteiger partial charge in [-0.25, -0.2) is 12.8 Å². The maximum absolute atomic E-state index is 13.9. The van der Waals surface area contributed by atoms with Gasteiger partial charge in [-0.1, -0.05) is 0 Å². The summed E-state index contributed by atoms with van der Waals surface area (Å²) < 4.78 is 40.3. The number of nitrogens with zero attached hydrogens (tertiary/aromatic N) is 1. The lowest BCUT2D eigenvalue weighted by Gasteiger charge is -2.29. The number of nitrogens with two attached hydrogens (primary N) is 2. The number of sulfonamides is 1. The number of benzene rings is 1. The van der Waals surface area contributed by atoms with Crippen LogP contribution in [0.5, 0.6) is 0 Å². The van der Waals surface area contributed by atoms with Crippen LogP contribution in [0.3, 0.4) is 0 Å². The van der Waals surface area contributed by atoms with Crippen LogP contribution in [0.4, 0.5) is 10.1 Å². The van der Waals surface area contributed by atoms with Gasteiger partial charge in [0.25, 0.3) is 0 Å². The number of carbonyl (C=O) groups excluding carboxylic acids is 1. The van der Waals surface area contributed by atoms with E-state index in [1.54, 1.807) is 0 Å². The molecule has 1 amide bonds. The molecule has 1 fully saturated rings. The van der Waals surface area contributed by atoms with Crippen molar-refractivity contribution >= 4 is 37.5 Å². The molecule has 21 heavy (non-hydrogen) atoms. The van der Waals surface area contributed by atoms with Crippen LogP contribution < -0.4 is 11.5 Å². The third kappa shape index (κ3) is 3.19. The molecular formula is C12H15BrFN3O3S. The number of carbonyl (C=O) groups is 1. The molecule has 1 heterocycles. The summed E-state index contributed by atoms with van der Waals surface area (Å²) in [5.74, 6) is -1.64. The Kier molecular flexibility index (Phi) is 4.54. The lowest BCUT2D eigenvalue weighted by atomic mass is 9.98. The van der Waals surface area contributed by atoms with Crippen molar-refractivity contribution in [2.24, 2.45) is 11.7 Å². The maximum Gasteiger partial charge on any atom is 0.246 e. The summed E-state index contributed by atoms with van der Waals surface area (Å²) in [4.78, 5) is 10.6. The van der Waals surface area contributed by atoms with Gasteiger partial charge in [0.05, 0.1) is 0 Å². The normalized spacial score (nSPS) is 17.8. The number of nitrogen functional groups attached to an aromatic ring is 1. The van der Waals surface area contributed by atoms with E-state index in [9.17, 15) is 17.6 Å². The molecule has 0 bridgehead atoms. The Bertz CT molecular complexity index is 673. The molecule has 0 saturated carbocycles. The molecule has 2 rings (SSSR count). The van der Waals surface area contributed by atoms with Gasteiger partial charge in [-0.2, -0.15) is 4.31 Å². The second kappa shape index (κ2) is 5.90. The van der Waals surface area contributed by atoms with Crippen molar-refractivity contribution < 1.29 is 17.6 Å². The van der Waals surface area contributed by atoms with Gasteiger partial charge >= 0.3 is 0 Å². The summed E-state index contributed by atoms with van der Waals surface area (Å²) in [5, 5.41) is 0. The molecule has 4 N–H and O–H groups in total. The Labute approximate surface area is 130 Å². The van der Waals surface area contributed by atoms with Gasteiger partial charge in [-0.05, 0) is 40.9 Å². The highest BCUT2D eigenvalue weighted by Crippen LogP contribution is 2.30. The predicted molar refractivity (Wildman–Crippen MR) is 79.2 cm³/mol. The van der Waals surface area contributed by atoms with Crippen molar-refractivity contribution in [3.63, 3.8) is 0 Å². The van der Waals surface area contributed by atoms with Crippen LogP contribution >= 0.6 is 15.9 Å². The molecule has 1 aromatic carbocycles. The summed E-state index contributed by atoms with van der Waals surface area (Å²) in [5.41, 5.74) is 11.0. The second-order valence-corrected chi connectivity index (χ2v) is 7.65. The first kappa shape index (κ1) is 16.2. The monoisotopic (exact) mass is 379 g/mol. The second-order valence-electron chi connectivity index (χ2n) is 4.88. The first-order valence-corrected chi connectivity index (χ1v) is 8.50. The number of rotatable bonds is 3. The molecule has 0 aromatic heterocycles. The molecule has 0 radical (unpaired) electrons. The Morgan fingerprint density at radius 2 is 1.90 bits per heavy atom. The van der Waals surface area contributed by atoms with Crippen LogP contribution in [0.2, 0.25) is 0 Å².